The number of carbonyl (C=O) groups is 1. The molecule has 0 aliphatic heterocycles. The molecule has 1 aromatic heterocycles. The van der Waals surface area contributed by atoms with Gasteiger partial charge in [-0.05, 0) is 24.3 Å². The molecule has 0 unspecified atom stereocenters. The zero-order valence-electron chi connectivity index (χ0n) is 11.8. The lowest BCUT2D eigenvalue weighted by Gasteiger charge is -2.05. The summed E-state index contributed by atoms with van der Waals surface area (Å²) in [6.45, 7) is 4.23. The van der Waals surface area contributed by atoms with Crippen molar-refractivity contribution in [3.63, 3.8) is 0 Å². The Morgan fingerprint density at radius 3 is 2.65 bits per heavy atom. The van der Waals surface area contributed by atoms with Crippen LogP contribution in [0.15, 0.2) is 29.6 Å². The van der Waals surface area contributed by atoms with Crippen molar-refractivity contribution >= 4 is 17.2 Å². The molecule has 106 valence electrons. The molecule has 1 N–H and O–H groups in total. The molecule has 5 heteroatoms. The number of carbonyl (C=O) groups excluding carboxylic acids is 1. The van der Waals surface area contributed by atoms with Crippen molar-refractivity contribution in [3.8, 4) is 17.0 Å². The first-order valence-electron chi connectivity index (χ1n) is 6.46. The van der Waals surface area contributed by atoms with Gasteiger partial charge in [-0.25, -0.2) is 4.98 Å². The molecule has 4 nitrogen and oxygen atoms in total. The van der Waals surface area contributed by atoms with E-state index in [2.05, 4.69) is 10.3 Å². The van der Waals surface area contributed by atoms with Crippen LogP contribution in [-0.2, 0) is 11.3 Å². The third-order valence-electron chi connectivity index (χ3n) is 2.88. The fraction of sp³-hybridized carbons (Fsp3) is 0.333. The Labute approximate surface area is 122 Å². The molecule has 0 atom stereocenters. The summed E-state index contributed by atoms with van der Waals surface area (Å²) in [4.78, 5) is 16.0. The highest BCUT2D eigenvalue weighted by Gasteiger charge is 2.09. The topological polar surface area (TPSA) is 51.2 Å². The van der Waals surface area contributed by atoms with Crippen LogP contribution in [0.2, 0.25) is 0 Å². The maximum atomic E-state index is 11.5. The van der Waals surface area contributed by atoms with E-state index in [1.165, 1.54) is 0 Å². The monoisotopic (exact) mass is 290 g/mol. The van der Waals surface area contributed by atoms with E-state index < -0.39 is 0 Å². The fourth-order valence-corrected chi connectivity index (χ4v) is 2.40. The summed E-state index contributed by atoms with van der Waals surface area (Å²) in [5, 5.41) is 5.78. The normalized spacial score (nSPS) is 10.6. The van der Waals surface area contributed by atoms with Gasteiger partial charge in [0.25, 0.3) is 0 Å². The number of thiazole rings is 1. The number of hydrogen-bond acceptors (Lipinski definition) is 4. The van der Waals surface area contributed by atoms with Crippen molar-refractivity contribution < 1.29 is 9.53 Å². The van der Waals surface area contributed by atoms with Gasteiger partial charge in [-0.1, -0.05) is 13.8 Å². The van der Waals surface area contributed by atoms with E-state index in [1.54, 1.807) is 18.4 Å². The number of benzene rings is 1. The fourth-order valence-electron chi connectivity index (χ4n) is 1.65. The minimum atomic E-state index is -0.00368. The summed E-state index contributed by atoms with van der Waals surface area (Å²) in [6.07, 6.45) is 0. The van der Waals surface area contributed by atoms with Crippen LogP contribution >= 0.6 is 11.3 Å². The highest BCUT2D eigenvalue weighted by atomic mass is 32.1. The molecule has 1 aromatic carbocycles. The van der Waals surface area contributed by atoms with Crippen molar-refractivity contribution in [2.75, 3.05) is 7.11 Å². The Bertz CT molecular complexity index is 576. The van der Waals surface area contributed by atoms with Crippen LogP contribution in [-0.4, -0.2) is 18.0 Å². The second-order valence-corrected chi connectivity index (χ2v) is 5.67. The SMILES string of the molecule is COc1ccc(-c2csc(CNC(=O)C(C)C)n2)cc1. The van der Waals surface area contributed by atoms with E-state index in [4.69, 9.17) is 4.74 Å². The van der Waals surface area contributed by atoms with Gasteiger partial charge in [0.2, 0.25) is 5.91 Å². The largest absolute Gasteiger partial charge is 0.497 e. The molecule has 2 rings (SSSR count). The smallest absolute Gasteiger partial charge is 0.222 e. The highest BCUT2D eigenvalue weighted by Crippen LogP contribution is 2.24. The molecule has 0 saturated carbocycles. The molecule has 0 saturated heterocycles. The van der Waals surface area contributed by atoms with Gasteiger partial charge in [0.05, 0.1) is 19.3 Å². The lowest BCUT2D eigenvalue weighted by molar-refractivity contribution is -0.124. The Balaban J connectivity index is 2.02. The molecule has 20 heavy (non-hydrogen) atoms. The number of methoxy groups -OCH3 is 1. The van der Waals surface area contributed by atoms with Crippen LogP contribution in [0.5, 0.6) is 5.75 Å². The van der Waals surface area contributed by atoms with Crippen molar-refractivity contribution in [2.24, 2.45) is 5.92 Å². The zero-order chi connectivity index (χ0) is 14.5. The third-order valence-corrected chi connectivity index (χ3v) is 3.72. The van der Waals surface area contributed by atoms with Crippen molar-refractivity contribution in [1.29, 1.82) is 0 Å². The quantitative estimate of drug-likeness (QED) is 0.920. The molecule has 0 spiro atoms. The van der Waals surface area contributed by atoms with E-state index in [0.717, 1.165) is 22.0 Å². The summed E-state index contributed by atoms with van der Waals surface area (Å²) in [5.74, 6) is 0.871. The van der Waals surface area contributed by atoms with E-state index >= 15 is 0 Å². The number of rotatable bonds is 5. The number of nitrogens with one attached hydrogen (secondary N) is 1. The number of aromatic nitrogens is 1. The molecular weight excluding hydrogens is 272 g/mol. The summed E-state index contributed by atoms with van der Waals surface area (Å²) >= 11 is 1.55. The minimum Gasteiger partial charge on any atom is -0.497 e. The average Bonchev–Trinajstić information content (AvgIpc) is 2.93. The van der Waals surface area contributed by atoms with Crippen LogP contribution in [0.1, 0.15) is 18.9 Å². The number of hydrogen-bond donors (Lipinski definition) is 1. The molecule has 0 radical (unpaired) electrons. The van der Waals surface area contributed by atoms with E-state index in [-0.39, 0.29) is 11.8 Å². The van der Waals surface area contributed by atoms with Crippen molar-refractivity contribution in [3.05, 3.63) is 34.7 Å². The highest BCUT2D eigenvalue weighted by molar-refractivity contribution is 7.09. The Morgan fingerprint density at radius 2 is 2.05 bits per heavy atom. The van der Waals surface area contributed by atoms with Crippen LogP contribution in [0, 0.1) is 5.92 Å². The number of ether oxygens (including phenoxy) is 1. The minimum absolute atomic E-state index is 0.00368. The average molecular weight is 290 g/mol. The van der Waals surface area contributed by atoms with E-state index in [1.807, 2.05) is 43.5 Å². The van der Waals surface area contributed by atoms with Gasteiger partial charge in [0.1, 0.15) is 10.8 Å². The molecule has 0 aliphatic rings. The molecule has 1 heterocycles. The maximum absolute atomic E-state index is 11.5. The van der Waals surface area contributed by atoms with Crippen molar-refractivity contribution in [2.45, 2.75) is 20.4 Å². The standard InChI is InChI=1S/C15H18N2O2S/c1-10(2)15(18)16-8-14-17-13(9-20-14)11-4-6-12(19-3)7-5-11/h4-7,9-10H,8H2,1-3H3,(H,16,18). The van der Waals surface area contributed by atoms with Crippen LogP contribution in [0.25, 0.3) is 11.3 Å². The number of nitrogens with zero attached hydrogens (tertiary/aromatic N) is 1. The lowest BCUT2D eigenvalue weighted by Crippen LogP contribution is -2.26. The molecule has 0 aliphatic carbocycles. The zero-order valence-corrected chi connectivity index (χ0v) is 12.7. The van der Waals surface area contributed by atoms with Gasteiger partial charge in [-0.15, -0.1) is 11.3 Å². The second-order valence-electron chi connectivity index (χ2n) is 4.73. The van der Waals surface area contributed by atoms with Crippen molar-refractivity contribution in [1.82, 2.24) is 10.3 Å². The van der Waals surface area contributed by atoms with Gasteiger partial charge in [0, 0.05) is 16.9 Å². The van der Waals surface area contributed by atoms with Crippen LogP contribution in [0.3, 0.4) is 0 Å². The molecular formula is C15H18N2O2S. The molecule has 1 amide bonds. The molecule has 0 bridgehead atoms. The van der Waals surface area contributed by atoms with Gasteiger partial charge >= 0.3 is 0 Å². The van der Waals surface area contributed by atoms with Gasteiger partial charge in [-0.2, -0.15) is 0 Å². The van der Waals surface area contributed by atoms with E-state index in [9.17, 15) is 4.79 Å². The Kier molecular flexibility index (Phi) is 4.74. The summed E-state index contributed by atoms with van der Waals surface area (Å²) in [7, 11) is 1.65. The van der Waals surface area contributed by atoms with Gasteiger partial charge in [0.15, 0.2) is 0 Å². The molecule has 2 aromatic rings. The Morgan fingerprint density at radius 1 is 1.35 bits per heavy atom. The first-order chi connectivity index (χ1) is 9.60. The van der Waals surface area contributed by atoms with Crippen LogP contribution < -0.4 is 10.1 Å². The van der Waals surface area contributed by atoms with E-state index in [0.29, 0.717) is 6.54 Å². The predicted octanol–water partition coefficient (Wildman–Crippen LogP) is 3.09. The summed E-state index contributed by atoms with van der Waals surface area (Å²) in [5.41, 5.74) is 1.97. The first kappa shape index (κ1) is 14.5. The Hall–Kier alpha value is -1.88. The molecule has 0 fully saturated rings. The second kappa shape index (κ2) is 6.52. The predicted molar refractivity (Wildman–Crippen MR) is 80.8 cm³/mol. The first-order valence-corrected chi connectivity index (χ1v) is 7.34. The lowest BCUT2D eigenvalue weighted by atomic mass is 10.2. The number of amides is 1. The van der Waals surface area contributed by atoms with Crippen LogP contribution in [0.4, 0.5) is 0 Å². The van der Waals surface area contributed by atoms with Gasteiger partial charge in [-0.3, -0.25) is 4.79 Å². The maximum Gasteiger partial charge on any atom is 0.222 e. The summed E-state index contributed by atoms with van der Waals surface area (Å²) in [6, 6.07) is 7.78. The summed E-state index contributed by atoms with van der Waals surface area (Å²) < 4.78 is 5.13. The van der Waals surface area contributed by atoms with Gasteiger partial charge < -0.3 is 10.1 Å². The third kappa shape index (κ3) is 3.57.